The number of carbonyl (C=O) groups is 1. The van der Waals surface area contributed by atoms with Gasteiger partial charge in [0, 0.05) is 11.7 Å². The van der Waals surface area contributed by atoms with E-state index < -0.39 is 0 Å². The van der Waals surface area contributed by atoms with Gasteiger partial charge in [-0.05, 0) is 48.7 Å². The molecule has 0 fully saturated rings. The Morgan fingerprint density at radius 3 is 2.63 bits per heavy atom. The number of amides is 1. The number of hydrogen-bond donors (Lipinski definition) is 2. The lowest BCUT2D eigenvalue weighted by Gasteiger charge is -2.24. The first-order valence-electron chi connectivity index (χ1n) is 6.14. The summed E-state index contributed by atoms with van der Waals surface area (Å²) in [6.45, 7) is 7.59. The minimum atomic E-state index is -0.284. The predicted molar refractivity (Wildman–Crippen MR) is 80.1 cm³/mol. The molecule has 0 aliphatic carbocycles. The van der Waals surface area contributed by atoms with Gasteiger partial charge in [-0.1, -0.05) is 6.92 Å². The summed E-state index contributed by atoms with van der Waals surface area (Å²) in [4.78, 5) is 23.9. The highest BCUT2D eigenvalue weighted by atomic mass is 79.9. The van der Waals surface area contributed by atoms with E-state index in [1.807, 2.05) is 20.8 Å². The molecule has 0 bridgehead atoms. The van der Waals surface area contributed by atoms with E-state index in [1.54, 1.807) is 6.92 Å². The Kier molecular flexibility index (Phi) is 4.79. The third kappa shape index (κ3) is 3.83. The number of nitrogens with one attached hydrogen (secondary N) is 1. The summed E-state index contributed by atoms with van der Waals surface area (Å²) in [6, 6.07) is 0. The van der Waals surface area contributed by atoms with Crippen LogP contribution in [0.5, 0.6) is 0 Å². The second kappa shape index (κ2) is 5.77. The van der Waals surface area contributed by atoms with Gasteiger partial charge in [0.2, 0.25) is 5.91 Å². The number of nitrogen functional groups attached to an aromatic ring is 1. The van der Waals surface area contributed by atoms with Crippen molar-refractivity contribution in [1.29, 1.82) is 0 Å². The van der Waals surface area contributed by atoms with Crippen molar-refractivity contribution in [1.82, 2.24) is 9.88 Å². The Labute approximate surface area is 121 Å². The number of hydrogen-bond acceptors (Lipinski definition) is 3. The van der Waals surface area contributed by atoms with Crippen molar-refractivity contribution >= 4 is 27.5 Å². The number of nitrogens with two attached hydrogens (primary N) is 1. The molecule has 0 radical (unpaired) electrons. The Morgan fingerprint density at radius 1 is 1.53 bits per heavy atom. The fourth-order valence-corrected chi connectivity index (χ4v) is 1.97. The highest BCUT2D eigenvalue weighted by Crippen LogP contribution is 2.17. The van der Waals surface area contributed by atoms with Crippen molar-refractivity contribution in [2.24, 2.45) is 0 Å². The van der Waals surface area contributed by atoms with Crippen LogP contribution in [-0.2, 0) is 11.3 Å². The molecule has 1 heterocycles. The first-order valence-corrected chi connectivity index (χ1v) is 6.93. The van der Waals surface area contributed by atoms with Crippen molar-refractivity contribution in [2.75, 3.05) is 5.73 Å². The molecular formula is C13H20BrN3O2. The summed E-state index contributed by atoms with van der Waals surface area (Å²) >= 11 is 3.20. The van der Waals surface area contributed by atoms with Crippen LogP contribution in [0.4, 0.5) is 5.69 Å². The normalized spacial score (nSPS) is 11.4. The fraction of sp³-hybridized carbons (Fsp3) is 0.538. The van der Waals surface area contributed by atoms with Crippen LogP contribution < -0.4 is 16.6 Å². The average molecular weight is 330 g/mol. The highest BCUT2D eigenvalue weighted by Gasteiger charge is 2.18. The Hall–Kier alpha value is -1.30. The number of anilines is 1. The van der Waals surface area contributed by atoms with Crippen LogP contribution in [0, 0.1) is 6.92 Å². The van der Waals surface area contributed by atoms with Crippen LogP contribution in [0.2, 0.25) is 0 Å². The second-order valence-electron chi connectivity index (χ2n) is 5.24. The quantitative estimate of drug-likeness (QED) is 0.884. The number of halogens is 1. The molecule has 6 heteroatoms. The molecule has 0 aliphatic rings. The van der Waals surface area contributed by atoms with Gasteiger partial charge in [0.25, 0.3) is 5.56 Å². The van der Waals surface area contributed by atoms with E-state index in [0.29, 0.717) is 15.7 Å². The van der Waals surface area contributed by atoms with Gasteiger partial charge in [-0.15, -0.1) is 0 Å². The third-order valence-electron chi connectivity index (χ3n) is 3.18. The third-order valence-corrected chi connectivity index (χ3v) is 4.12. The average Bonchev–Trinajstić information content (AvgIpc) is 2.32. The predicted octanol–water partition coefficient (Wildman–Crippen LogP) is 1.81. The molecule has 19 heavy (non-hydrogen) atoms. The van der Waals surface area contributed by atoms with Gasteiger partial charge >= 0.3 is 0 Å². The SMILES string of the molecule is CCC(C)(C)NC(=O)Cn1cc(N)c(C)c(Br)c1=O. The minimum absolute atomic E-state index is 0.0364. The number of rotatable bonds is 4. The molecule has 1 rings (SSSR count). The lowest BCUT2D eigenvalue weighted by molar-refractivity contribution is -0.123. The van der Waals surface area contributed by atoms with Crippen molar-refractivity contribution < 1.29 is 4.79 Å². The van der Waals surface area contributed by atoms with E-state index in [2.05, 4.69) is 21.2 Å². The molecule has 0 unspecified atom stereocenters. The summed E-state index contributed by atoms with van der Waals surface area (Å²) in [5.41, 5.74) is 6.43. The number of pyridine rings is 1. The van der Waals surface area contributed by atoms with E-state index in [0.717, 1.165) is 6.42 Å². The summed E-state index contributed by atoms with van der Waals surface area (Å²) in [6.07, 6.45) is 2.31. The molecule has 3 N–H and O–H groups in total. The van der Waals surface area contributed by atoms with Crippen molar-refractivity contribution in [3.63, 3.8) is 0 Å². The minimum Gasteiger partial charge on any atom is -0.397 e. The van der Waals surface area contributed by atoms with Crippen molar-refractivity contribution in [3.8, 4) is 0 Å². The molecule has 0 saturated heterocycles. The molecule has 1 amide bonds. The van der Waals surface area contributed by atoms with E-state index in [4.69, 9.17) is 5.73 Å². The van der Waals surface area contributed by atoms with Gasteiger partial charge in [0.1, 0.15) is 6.54 Å². The second-order valence-corrected chi connectivity index (χ2v) is 6.04. The van der Waals surface area contributed by atoms with Gasteiger partial charge in [-0.3, -0.25) is 9.59 Å². The first-order chi connectivity index (χ1) is 8.68. The summed E-state index contributed by atoms with van der Waals surface area (Å²) in [5, 5.41) is 2.88. The molecule has 0 spiro atoms. The van der Waals surface area contributed by atoms with E-state index in [-0.39, 0.29) is 23.6 Å². The number of aromatic nitrogens is 1. The van der Waals surface area contributed by atoms with Crippen LogP contribution in [-0.4, -0.2) is 16.0 Å². The van der Waals surface area contributed by atoms with E-state index in [1.165, 1.54) is 10.8 Å². The maximum Gasteiger partial charge on any atom is 0.265 e. The molecule has 0 atom stereocenters. The van der Waals surface area contributed by atoms with Crippen molar-refractivity contribution in [2.45, 2.75) is 46.2 Å². The highest BCUT2D eigenvalue weighted by molar-refractivity contribution is 9.10. The molecule has 1 aromatic heterocycles. The van der Waals surface area contributed by atoms with Crippen LogP contribution in [0.15, 0.2) is 15.5 Å². The topological polar surface area (TPSA) is 77.1 Å². The van der Waals surface area contributed by atoms with Crippen LogP contribution in [0.25, 0.3) is 0 Å². The monoisotopic (exact) mass is 329 g/mol. The lowest BCUT2D eigenvalue weighted by Crippen LogP contribution is -2.45. The standard InChI is InChI=1S/C13H20BrN3O2/c1-5-13(3,4)16-10(18)7-17-6-9(15)8(2)11(14)12(17)19/h6H,5,7,15H2,1-4H3,(H,16,18). The zero-order chi connectivity index (χ0) is 14.8. The van der Waals surface area contributed by atoms with Crippen LogP contribution >= 0.6 is 15.9 Å². The molecule has 1 aromatic rings. The van der Waals surface area contributed by atoms with Crippen LogP contribution in [0.1, 0.15) is 32.8 Å². The van der Waals surface area contributed by atoms with E-state index >= 15 is 0 Å². The molecular weight excluding hydrogens is 310 g/mol. The summed E-state index contributed by atoms with van der Waals surface area (Å²) in [5.74, 6) is -0.205. The maximum atomic E-state index is 12.0. The molecule has 0 aliphatic heterocycles. The molecule has 106 valence electrons. The summed E-state index contributed by atoms with van der Waals surface area (Å²) < 4.78 is 1.71. The van der Waals surface area contributed by atoms with Gasteiger partial charge in [0.15, 0.2) is 0 Å². The number of nitrogens with zero attached hydrogens (tertiary/aromatic N) is 1. The Morgan fingerprint density at radius 2 is 2.11 bits per heavy atom. The smallest absolute Gasteiger partial charge is 0.265 e. The number of carbonyl (C=O) groups excluding carboxylic acids is 1. The largest absolute Gasteiger partial charge is 0.397 e. The van der Waals surface area contributed by atoms with Gasteiger partial charge in [-0.2, -0.15) is 0 Å². The van der Waals surface area contributed by atoms with Gasteiger partial charge in [0.05, 0.1) is 10.2 Å². The first kappa shape index (κ1) is 15.8. The van der Waals surface area contributed by atoms with Gasteiger partial charge in [-0.25, -0.2) is 0 Å². The summed E-state index contributed by atoms with van der Waals surface area (Å²) in [7, 11) is 0. The Bertz CT molecular complexity index is 550. The maximum absolute atomic E-state index is 12.0. The zero-order valence-corrected chi connectivity index (χ0v) is 13.3. The molecule has 5 nitrogen and oxygen atoms in total. The lowest BCUT2D eigenvalue weighted by atomic mass is 10.0. The molecule has 0 saturated carbocycles. The molecule has 0 aromatic carbocycles. The van der Waals surface area contributed by atoms with Crippen LogP contribution in [0.3, 0.4) is 0 Å². The van der Waals surface area contributed by atoms with E-state index in [9.17, 15) is 9.59 Å². The fourth-order valence-electron chi connectivity index (χ4n) is 1.51. The van der Waals surface area contributed by atoms with Gasteiger partial charge < -0.3 is 15.6 Å². The zero-order valence-electron chi connectivity index (χ0n) is 11.7. The van der Waals surface area contributed by atoms with Crippen molar-refractivity contribution in [3.05, 3.63) is 26.6 Å². The Balaban J connectivity index is 2.96.